The van der Waals surface area contributed by atoms with Crippen LogP contribution in [0.25, 0.3) is 0 Å². The van der Waals surface area contributed by atoms with Gasteiger partial charge < -0.3 is 9.31 Å². The van der Waals surface area contributed by atoms with E-state index >= 15 is 0 Å². The van der Waals surface area contributed by atoms with Crippen LogP contribution in [0.5, 0.6) is 0 Å². The maximum atomic E-state index is 12.8. The first-order valence-electron chi connectivity index (χ1n) is 8.42. The van der Waals surface area contributed by atoms with E-state index in [1.165, 1.54) is 4.31 Å². The molecule has 1 aromatic carbocycles. The van der Waals surface area contributed by atoms with E-state index in [1.807, 2.05) is 54.5 Å². The van der Waals surface area contributed by atoms with E-state index in [0.29, 0.717) is 13.1 Å². The van der Waals surface area contributed by atoms with Crippen molar-refractivity contribution in [2.24, 2.45) is 0 Å². The second kappa shape index (κ2) is 6.44. The molecule has 1 heterocycles. The van der Waals surface area contributed by atoms with E-state index in [1.54, 1.807) is 12.1 Å². The Morgan fingerprint density at radius 2 is 1.54 bits per heavy atom. The molecule has 0 radical (unpaired) electrons. The number of hydrogen-bond donors (Lipinski definition) is 0. The van der Waals surface area contributed by atoms with E-state index in [0.717, 1.165) is 11.0 Å². The van der Waals surface area contributed by atoms with Gasteiger partial charge in [-0.25, -0.2) is 8.42 Å². The molecule has 5 nitrogen and oxygen atoms in total. The predicted molar refractivity (Wildman–Crippen MR) is 97.0 cm³/mol. The highest BCUT2D eigenvalue weighted by Gasteiger charge is 2.52. The summed E-state index contributed by atoms with van der Waals surface area (Å²) in [4.78, 5) is 0.279. The van der Waals surface area contributed by atoms with Gasteiger partial charge in [0.05, 0.1) is 16.1 Å². The molecule has 2 rings (SSSR count). The quantitative estimate of drug-likeness (QED) is 0.763. The maximum Gasteiger partial charge on any atom is 0.495 e. The van der Waals surface area contributed by atoms with Crippen molar-refractivity contribution in [2.75, 3.05) is 13.1 Å². The highest BCUT2D eigenvalue weighted by molar-refractivity contribution is 7.89. The van der Waals surface area contributed by atoms with Crippen molar-refractivity contribution in [3.63, 3.8) is 0 Å². The Balaban J connectivity index is 2.45. The number of aryl methyl sites for hydroxylation is 1. The second-order valence-electron chi connectivity index (χ2n) is 7.20. The van der Waals surface area contributed by atoms with Gasteiger partial charge in [0.1, 0.15) is 0 Å². The summed E-state index contributed by atoms with van der Waals surface area (Å²) in [6.07, 6.45) is 0. The van der Waals surface area contributed by atoms with Crippen molar-refractivity contribution < 1.29 is 17.7 Å². The Labute approximate surface area is 146 Å². The van der Waals surface area contributed by atoms with Gasteiger partial charge in [-0.2, -0.15) is 4.31 Å². The van der Waals surface area contributed by atoms with Crippen molar-refractivity contribution >= 4 is 22.6 Å². The highest BCUT2D eigenvalue weighted by atomic mass is 32.2. The molecule has 0 amide bonds. The van der Waals surface area contributed by atoms with Crippen LogP contribution < -0.4 is 5.46 Å². The van der Waals surface area contributed by atoms with Crippen LogP contribution in [0.2, 0.25) is 0 Å². The van der Waals surface area contributed by atoms with Crippen LogP contribution in [-0.4, -0.2) is 44.1 Å². The normalized spacial score (nSPS) is 19.9. The van der Waals surface area contributed by atoms with Gasteiger partial charge in [-0.1, -0.05) is 25.5 Å². The van der Waals surface area contributed by atoms with E-state index in [4.69, 9.17) is 9.31 Å². The van der Waals surface area contributed by atoms with Crippen molar-refractivity contribution in [2.45, 2.75) is 64.6 Å². The Hall–Kier alpha value is -0.885. The van der Waals surface area contributed by atoms with Gasteiger partial charge in [-0.15, -0.1) is 0 Å². The van der Waals surface area contributed by atoms with Crippen LogP contribution in [0.1, 0.15) is 47.1 Å². The molecule has 7 heteroatoms. The third-order valence-corrected chi connectivity index (χ3v) is 7.15. The van der Waals surface area contributed by atoms with Gasteiger partial charge in [-0.3, -0.25) is 0 Å². The van der Waals surface area contributed by atoms with Crippen molar-refractivity contribution in [3.8, 4) is 0 Å². The van der Waals surface area contributed by atoms with Gasteiger partial charge in [0.25, 0.3) is 0 Å². The van der Waals surface area contributed by atoms with Crippen LogP contribution >= 0.6 is 0 Å². The van der Waals surface area contributed by atoms with Crippen molar-refractivity contribution in [3.05, 3.63) is 23.8 Å². The average molecular weight is 353 g/mol. The van der Waals surface area contributed by atoms with E-state index in [9.17, 15) is 8.42 Å². The summed E-state index contributed by atoms with van der Waals surface area (Å²) in [5, 5.41) is 0. The monoisotopic (exact) mass is 353 g/mol. The van der Waals surface area contributed by atoms with Crippen molar-refractivity contribution in [1.29, 1.82) is 0 Å². The van der Waals surface area contributed by atoms with Crippen molar-refractivity contribution in [1.82, 2.24) is 4.31 Å². The summed E-state index contributed by atoms with van der Waals surface area (Å²) >= 11 is 0. The SMILES string of the molecule is CCN(CC)S(=O)(=O)c1ccc(C)c(B2OC(C)(C)C(C)(C)O2)c1. The molecule has 1 saturated heterocycles. The first-order chi connectivity index (χ1) is 11.0. The first-order valence-corrected chi connectivity index (χ1v) is 9.86. The molecule has 0 atom stereocenters. The number of nitrogens with zero attached hydrogens (tertiary/aromatic N) is 1. The lowest BCUT2D eigenvalue weighted by molar-refractivity contribution is 0.00578. The third-order valence-electron chi connectivity index (χ3n) is 5.10. The zero-order valence-electron chi connectivity index (χ0n) is 15.7. The highest BCUT2D eigenvalue weighted by Crippen LogP contribution is 2.36. The van der Waals surface area contributed by atoms with Crippen LogP contribution in [-0.2, 0) is 19.3 Å². The lowest BCUT2D eigenvalue weighted by atomic mass is 9.76. The molecule has 0 N–H and O–H groups in total. The minimum atomic E-state index is -3.51. The lowest BCUT2D eigenvalue weighted by Crippen LogP contribution is -2.41. The zero-order chi connectivity index (χ0) is 18.3. The lowest BCUT2D eigenvalue weighted by Gasteiger charge is -2.32. The van der Waals surface area contributed by atoms with Crippen LogP contribution in [0, 0.1) is 6.92 Å². The van der Waals surface area contributed by atoms with Crippen LogP contribution in [0.3, 0.4) is 0 Å². The molecule has 0 aromatic heterocycles. The zero-order valence-corrected chi connectivity index (χ0v) is 16.5. The van der Waals surface area contributed by atoms with Gasteiger partial charge in [0, 0.05) is 13.1 Å². The van der Waals surface area contributed by atoms with E-state index in [-0.39, 0.29) is 4.90 Å². The third kappa shape index (κ3) is 3.27. The summed E-state index contributed by atoms with van der Waals surface area (Å²) in [5.41, 5.74) is 0.796. The molecule has 134 valence electrons. The predicted octanol–water partition coefficient (Wildman–Crippen LogP) is 2.32. The topological polar surface area (TPSA) is 55.8 Å². The maximum absolute atomic E-state index is 12.8. The molecule has 0 unspecified atom stereocenters. The van der Waals surface area contributed by atoms with Gasteiger partial charge in [0.2, 0.25) is 10.0 Å². The molecule has 0 bridgehead atoms. The van der Waals surface area contributed by atoms with E-state index < -0.39 is 28.3 Å². The fourth-order valence-electron chi connectivity index (χ4n) is 2.72. The number of hydrogen-bond acceptors (Lipinski definition) is 4. The largest absolute Gasteiger partial charge is 0.495 e. The number of sulfonamides is 1. The molecule has 24 heavy (non-hydrogen) atoms. The van der Waals surface area contributed by atoms with Crippen LogP contribution in [0.15, 0.2) is 23.1 Å². The molecular formula is C17H28BNO4S. The van der Waals surface area contributed by atoms with Gasteiger partial charge in [0.15, 0.2) is 0 Å². The molecule has 0 spiro atoms. The Morgan fingerprint density at radius 1 is 1.04 bits per heavy atom. The molecular weight excluding hydrogens is 325 g/mol. The Kier molecular flexibility index (Phi) is 5.22. The van der Waals surface area contributed by atoms with Gasteiger partial charge >= 0.3 is 7.12 Å². The first kappa shape index (κ1) is 19.4. The van der Waals surface area contributed by atoms with E-state index in [2.05, 4.69) is 0 Å². The molecule has 1 fully saturated rings. The average Bonchev–Trinajstić information content (AvgIpc) is 2.68. The van der Waals surface area contributed by atoms with Crippen LogP contribution in [0.4, 0.5) is 0 Å². The minimum absolute atomic E-state index is 0.279. The molecule has 1 aliphatic rings. The fraction of sp³-hybridized carbons (Fsp3) is 0.647. The fourth-order valence-corrected chi connectivity index (χ4v) is 4.21. The Morgan fingerprint density at radius 3 is 2.00 bits per heavy atom. The second-order valence-corrected chi connectivity index (χ2v) is 9.13. The smallest absolute Gasteiger partial charge is 0.399 e. The molecule has 1 aromatic rings. The summed E-state index contributed by atoms with van der Waals surface area (Å²) in [6.45, 7) is 14.4. The van der Waals surface area contributed by atoms with Gasteiger partial charge in [-0.05, 0) is 52.2 Å². The summed E-state index contributed by atoms with van der Waals surface area (Å²) in [7, 11) is -4.07. The summed E-state index contributed by atoms with van der Waals surface area (Å²) in [6, 6.07) is 5.15. The minimum Gasteiger partial charge on any atom is -0.399 e. The molecule has 0 aliphatic carbocycles. The number of benzene rings is 1. The molecule has 0 saturated carbocycles. The summed E-state index contributed by atoms with van der Waals surface area (Å²) < 4.78 is 39.2. The standard InChI is InChI=1S/C17H28BNO4S/c1-8-19(9-2)24(20,21)14-11-10-13(3)15(12-14)18-22-16(4,5)17(6,7)23-18/h10-12H,8-9H2,1-7H3. The summed E-state index contributed by atoms with van der Waals surface area (Å²) in [5.74, 6) is 0. The molecule has 1 aliphatic heterocycles. The number of rotatable bonds is 5. The Bertz CT molecular complexity index is 695.